The van der Waals surface area contributed by atoms with E-state index in [-0.39, 0.29) is 12.0 Å². The Hall–Kier alpha value is -2.33. The number of amides is 1. The average Bonchev–Trinajstić information content (AvgIpc) is 3.10. The van der Waals surface area contributed by atoms with Crippen molar-refractivity contribution in [3.63, 3.8) is 0 Å². The van der Waals surface area contributed by atoms with E-state index in [1.165, 1.54) is 5.56 Å². The summed E-state index contributed by atoms with van der Waals surface area (Å²) in [6.07, 6.45) is 1.34. The molecule has 0 spiro atoms. The van der Waals surface area contributed by atoms with Crippen LogP contribution in [-0.4, -0.2) is 37.1 Å². The first kappa shape index (κ1) is 15.2. The number of fused-ring (bicyclic) bond motifs is 1. The summed E-state index contributed by atoms with van der Waals surface area (Å²) in [5, 5.41) is 0. The number of ether oxygens (including phenoxy) is 2. The molecule has 2 aliphatic heterocycles. The highest BCUT2D eigenvalue weighted by molar-refractivity contribution is 5.79. The lowest BCUT2D eigenvalue weighted by Gasteiger charge is -2.33. The molecule has 4 nitrogen and oxygen atoms in total. The van der Waals surface area contributed by atoms with Crippen molar-refractivity contribution < 1.29 is 14.3 Å². The van der Waals surface area contributed by atoms with Gasteiger partial charge in [0.05, 0.1) is 26.2 Å². The molecule has 0 radical (unpaired) electrons. The number of nitrogens with zero attached hydrogens (tertiary/aromatic N) is 1. The molecule has 0 unspecified atom stereocenters. The molecule has 2 aromatic carbocycles. The topological polar surface area (TPSA) is 38.8 Å². The lowest BCUT2D eigenvalue weighted by molar-refractivity contribution is -0.138. The minimum Gasteiger partial charge on any atom is -0.493 e. The fourth-order valence-electron chi connectivity index (χ4n) is 3.35. The normalized spacial score (nSPS) is 19.7. The molecule has 4 rings (SSSR count). The van der Waals surface area contributed by atoms with Gasteiger partial charge in [-0.25, -0.2) is 0 Å². The second kappa shape index (κ2) is 6.65. The fraction of sp³-hybridized carbons (Fsp3) is 0.350. The van der Waals surface area contributed by atoms with Crippen LogP contribution in [0, 0.1) is 0 Å². The van der Waals surface area contributed by atoms with Crippen molar-refractivity contribution in [2.24, 2.45) is 0 Å². The molecule has 1 atom stereocenters. The minimum atomic E-state index is -0.0350. The summed E-state index contributed by atoms with van der Waals surface area (Å²) in [7, 11) is 0. The summed E-state index contributed by atoms with van der Waals surface area (Å²) in [5.41, 5.74) is 3.38. The van der Waals surface area contributed by atoms with Crippen LogP contribution in [0.2, 0.25) is 0 Å². The van der Waals surface area contributed by atoms with Crippen LogP contribution >= 0.6 is 0 Å². The van der Waals surface area contributed by atoms with Crippen molar-refractivity contribution in [1.82, 2.24) is 4.90 Å². The number of rotatable bonds is 3. The Morgan fingerprint density at radius 2 is 2.00 bits per heavy atom. The van der Waals surface area contributed by atoms with Gasteiger partial charge in [0, 0.05) is 13.0 Å². The van der Waals surface area contributed by atoms with Gasteiger partial charge in [0.15, 0.2) is 0 Å². The number of carbonyl (C=O) groups is 1. The standard InChI is InChI=1S/C20H21NO3/c22-20(13-15-6-7-17-8-10-23-18(17)12-15)21-9-11-24-19(14-21)16-4-2-1-3-5-16/h1-7,12,19H,8-11,13-14H2/t19-/m0/s1. The smallest absolute Gasteiger partial charge is 0.227 e. The molecule has 2 aliphatic rings. The maximum absolute atomic E-state index is 12.7. The third kappa shape index (κ3) is 3.15. The molecule has 1 fully saturated rings. The molecule has 0 bridgehead atoms. The zero-order valence-electron chi connectivity index (χ0n) is 13.6. The molecule has 1 amide bonds. The van der Waals surface area contributed by atoms with Crippen molar-refractivity contribution in [1.29, 1.82) is 0 Å². The highest BCUT2D eigenvalue weighted by Crippen LogP contribution is 2.27. The number of carbonyl (C=O) groups excluding carboxylic acids is 1. The Balaban J connectivity index is 1.42. The molecule has 0 aromatic heterocycles. The van der Waals surface area contributed by atoms with E-state index in [0.29, 0.717) is 26.1 Å². The number of morpholine rings is 1. The Kier molecular flexibility index (Phi) is 4.22. The Morgan fingerprint density at radius 3 is 2.88 bits per heavy atom. The van der Waals surface area contributed by atoms with Gasteiger partial charge in [-0.15, -0.1) is 0 Å². The Labute approximate surface area is 142 Å². The number of benzene rings is 2. The molecule has 2 heterocycles. The van der Waals surface area contributed by atoms with Gasteiger partial charge in [0.25, 0.3) is 0 Å². The second-order valence-corrected chi connectivity index (χ2v) is 6.33. The molecule has 0 saturated carbocycles. The molecule has 24 heavy (non-hydrogen) atoms. The van der Waals surface area contributed by atoms with E-state index in [4.69, 9.17) is 9.47 Å². The molecule has 0 N–H and O–H groups in total. The van der Waals surface area contributed by atoms with Crippen LogP contribution in [0.15, 0.2) is 48.5 Å². The van der Waals surface area contributed by atoms with Crippen LogP contribution in [0.25, 0.3) is 0 Å². The summed E-state index contributed by atoms with van der Waals surface area (Å²) in [6, 6.07) is 16.2. The van der Waals surface area contributed by atoms with Gasteiger partial charge in [-0.2, -0.15) is 0 Å². The Bertz CT molecular complexity index is 729. The molecule has 2 aromatic rings. The highest BCUT2D eigenvalue weighted by atomic mass is 16.5. The first-order valence-corrected chi connectivity index (χ1v) is 8.48. The maximum Gasteiger partial charge on any atom is 0.227 e. The van der Waals surface area contributed by atoms with Crippen LogP contribution in [0.3, 0.4) is 0 Å². The zero-order valence-corrected chi connectivity index (χ0v) is 13.6. The van der Waals surface area contributed by atoms with Gasteiger partial charge in [-0.3, -0.25) is 4.79 Å². The SMILES string of the molecule is O=C(Cc1ccc2c(c1)OCC2)N1CCO[C@H](c2ccccc2)C1. The van der Waals surface area contributed by atoms with E-state index in [2.05, 4.69) is 18.2 Å². The molecule has 124 valence electrons. The lowest BCUT2D eigenvalue weighted by atomic mass is 10.1. The summed E-state index contributed by atoms with van der Waals surface area (Å²) >= 11 is 0. The van der Waals surface area contributed by atoms with E-state index in [1.807, 2.05) is 35.2 Å². The molecular formula is C20H21NO3. The first-order valence-electron chi connectivity index (χ1n) is 8.48. The molecule has 0 aliphatic carbocycles. The minimum absolute atomic E-state index is 0.0350. The fourth-order valence-corrected chi connectivity index (χ4v) is 3.35. The van der Waals surface area contributed by atoms with E-state index in [0.717, 1.165) is 29.9 Å². The highest BCUT2D eigenvalue weighted by Gasteiger charge is 2.25. The van der Waals surface area contributed by atoms with E-state index in [1.54, 1.807) is 0 Å². The second-order valence-electron chi connectivity index (χ2n) is 6.33. The van der Waals surface area contributed by atoms with E-state index in [9.17, 15) is 4.79 Å². The van der Waals surface area contributed by atoms with Gasteiger partial charge in [0.2, 0.25) is 5.91 Å². The van der Waals surface area contributed by atoms with Gasteiger partial charge in [-0.05, 0) is 22.8 Å². The predicted octanol–water partition coefficient (Wildman–Crippen LogP) is 2.76. The van der Waals surface area contributed by atoms with Gasteiger partial charge < -0.3 is 14.4 Å². The van der Waals surface area contributed by atoms with Crippen molar-refractivity contribution in [3.8, 4) is 5.75 Å². The average molecular weight is 323 g/mol. The van der Waals surface area contributed by atoms with Crippen LogP contribution in [0.5, 0.6) is 5.75 Å². The largest absolute Gasteiger partial charge is 0.493 e. The third-order valence-electron chi connectivity index (χ3n) is 4.71. The van der Waals surface area contributed by atoms with E-state index >= 15 is 0 Å². The zero-order chi connectivity index (χ0) is 16.4. The summed E-state index contributed by atoms with van der Waals surface area (Å²) < 4.78 is 11.4. The van der Waals surface area contributed by atoms with Crippen molar-refractivity contribution >= 4 is 5.91 Å². The van der Waals surface area contributed by atoms with Crippen LogP contribution < -0.4 is 4.74 Å². The first-order chi connectivity index (χ1) is 11.8. The van der Waals surface area contributed by atoms with E-state index < -0.39 is 0 Å². The number of hydrogen-bond donors (Lipinski definition) is 0. The molecule has 1 saturated heterocycles. The summed E-state index contributed by atoms with van der Waals surface area (Å²) in [5.74, 6) is 1.08. The summed E-state index contributed by atoms with van der Waals surface area (Å²) in [6.45, 7) is 2.60. The van der Waals surface area contributed by atoms with Gasteiger partial charge >= 0.3 is 0 Å². The molecule has 4 heteroatoms. The Morgan fingerprint density at radius 1 is 1.12 bits per heavy atom. The number of hydrogen-bond acceptors (Lipinski definition) is 3. The monoisotopic (exact) mass is 323 g/mol. The van der Waals surface area contributed by atoms with Crippen LogP contribution in [0.4, 0.5) is 0 Å². The van der Waals surface area contributed by atoms with Gasteiger partial charge in [0.1, 0.15) is 11.9 Å². The van der Waals surface area contributed by atoms with Crippen LogP contribution in [0.1, 0.15) is 22.8 Å². The third-order valence-corrected chi connectivity index (χ3v) is 4.71. The van der Waals surface area contributed by atoms with Crippen molar-refractivity contribution in [2.45, 2.75) is 18.9 Å². The maximum atomic E-state index is 12.7. The lowest BCUT2D eigenvalue weighted by Crippen LogP contribution is -2.42. The van der Waals surface area contributed by atoms with Crippen LogP contribution in [-0.2, 0) is 22.4 Å². The molecular weight excluding hydrogens is 302 g/mol. The quantitative estimate of drug-likeness (QED) is 0.872. The van der Waals surface area contributed by atoms with Crippen molar-refractivity contribution in [2.75, 3.05) is 26.3 Å². The predicted molar refractivity (Wildman–Crippen MR) is 91.1 cm³/mol. The van der Waals surface area contributed by atoms with Crippen molar-refractivity contribution in [3.05, 3.63) is 65.2 Å². The summed E-state index contributed by atoms with van der Waals surface area (Å²) in [4.78, 5) is 14.6. The van der Waals surface area contributed by atoms with Gasteiger partial charge in [-0.1, -0.05) is 42.5 Å².